The van der Waals surface area contributed by atoms with Gasteiger partial charge in [-0.15, -0.1) is 0 Å². The van der Waals surface area contributed by atoms with E-state index in [1.54, 1.807) is 12.1 Å². The van der Waals surface area contributed by atoms with Crippen molar-refractivity contribution in [2.45, 2.75) is 6.92 Å². The zero-order chi connectivity index (χ0) is 13.8. The molecule has 19 heavy (non-hydrogen) atoms. The van der Waals surface area contributed by atoms with Crippen LogP contribution in [0.1, 0.15) is 15.9 Å². The third-order valence-electron chi connectivity index (χ3n) is 2.49. The zero-order valence-corrected chi connectivity index (χ0v) is 11.2. The Bertz CT molecular complexity index is 617. The fourth-order valence-corrected chi connectivity index (χ4v) is 1.73. The van der Waals surface area contributed by atoms with Gasteiger partial charge in [0, 0.05) is 12.4 Å². The normalized spacial score (nSPS) is 10.1. The van der Waals surface area contributed by atoms with Gasteiger partial charge in [0.25, 0.3) is 5.91 Å². The molecule has 1 aromatic heterocycles. The fraction of sp³-hybridized carbons (Fsp3) is 0.154. The Kier molecular flexibility index (Phi) is 3.97. The number of benzene rings is 1. The number of aryl methyl sites for hydroxylation is 1. The molecular weight excluding hydrogens is 266 g/mol. The lowest BCUT2D eigenvalue weighted by atomic mass is 10.1. The van der Waals surface area contributed by atoms with Crippen LogP contribution >= 0.6 is 11.6 Å². The molecule has 0 fully saturated rings. The second kappa shape index (κ2) is 5.67. The van der Waals surface area contributed by atoms with Gasteiger partial charge in [0.2, 0.25) is 0 Å². The molecule has 2 aromatic rings. The van der Waals surface area contributed by atoms with Crippen LogP contribution in [0.4, 0.5) is 5.82 Å². The second-order valence-electron chi connectivity index (χ2n) is 3.85. The molecule has 0 bridgehead atoms. The third-order valence-corrected chi connectivity index (χ3v) is 2.76. The zero-order valence-electron chi connectivity index (χ0n) is 10.5. The molecule has 1 aromatic carbocycles. The summed E-state index contributed by atoms with van der Waals surface area (Å²) in [5, 5.41) is 2.75. The first-order chi connectivity index (χ1) is 9.11. The summed E-state index contributed by atoms with van der Waals surface area (Å²) in [6, 6.07) is 5.34. The molecule has 1 amide bonds. The number of nitrogens with zero attached hydrogens (tertiary/aromatic N) is 2. The Balaban J connectivity index is 2.30. The van der Waals surface area contributed by atoms with Crippen LogP contribution in [-0.4, -0.2) is 23.0 Å². The van der Waals surface area contributed by atoms with Gasteiger partial charge in [-0.05, 0) is 19.1 Å². The predicted molar refractivity (Wildman–Crippen MR) is 72.7 cm³/mol. The number of rotatable bonds is 3. The Hall–Kier alpha value is -2.14. The largest absolute Gasteiger partial charge is 0.496 e. The minimum Gasteiger partial charge on any atom is -0.496 e. The van der Waals surface area contributed by atoms with Crippen LogP contribution in [0.25, 0.3) is 0 Å². The summed E-state index contributed by atoms with van der Waals surface area (Å²) in [5.41, 5.74) is 1.38. The average molecular weight is 278 g/mol. The molecule has 0 atom stereocenters. The lowest BCUT2D eigenvalue weighted by Gasteiger charge is -2.10. The highest BCUT2D eigenvalue weighted by atomic mass is 35.5. The van der Waals surface area contributed by atoms with Crippen LogP contribution in [0, 0.1) is 6.92 Å². The summed E-state index contributed by atoms with van der Waals surface area (Å²) < 4.78 is 5.16. The molecule has 0 radical (unpaired) electrons. The van der Waals surface area contributed by atoms with Gasteiger partial charge < -0.3 is 10.1 Å². The van der Waals surface area contributed by atoms with Crippen molar-refractivity contribution in [1.29, 1.82) is 0 Å². The topological polar surface area (TPSA) is 64.1 Å². The minimum absolute atomic E-state index is 0.141. The van der Waals surface area contributed by atoms with E-state index < -0.39 is 0 Å². The summed E-state index contributed by atoms with van der Waals surface area (Å²) in [5.74, 6) is 0.365. The van der Waals surface area contributed by atoms with E-state index in [0.717, 1.165) is 5.56 Å². The van der Waals surface area contributed by atoms with E-state index in [9.17, 15) is 4.79 Å². The van der Waals surface area contributed by atoms with Crippen molar-refractivity contribution in [3.63, 3.8) is 0 Å². The molecule has 0 spiro atoms. The number of ether oxygens (including phenoxy) is 1. The highest BCUT2D eigenvalue weighted by molar-refractivity contribution is 6.32. The molecule has 0 saturated carbocycles. The number of carbonyl (C=O) groups excluding carboxylic acids is 1. The molecular formula is C13H12ClN3O2. The van der Waals surface area contributed by atoms with Crippen molar-refractivity contribution in [1.82, 2.24) is 9.97 Å². The van der Waals surface area contributed by atoms with Crippen LogP contribution in [0.5, 0.6) is 5.75 Å². The first-order valence-corrected chi connectivity index (χ1v) is 5.92. The number of anilines is 1. The molecule has 0 saturated heterocycles. The maximum atomic E-state index is 12.2. The van der Waals surface area contributed by atoms with E-state index in [1.807, 2.05) is 13.0 Å². The van der Waals surface area contributed by atoms with E-state index in [-0.39, 0.29) is 16.9 Å². The monoisotopic (exact) mass is 277 g/mol. The van der Waals surface area contributed by atoms with Crippen molar-refractivity contribution in [3.05, 3.63) is 46.9 Å². The lowest BCUT2D eigenvalue weighted by Crippen LogP contribution is -2.15. The Labute approximate surface area is 115 Å². The van der Waals surface area contributed by atoms with Gasteiger partial charge in [0.1, 0.15) is 5.75 Å². The molecule has 2 rings (SSSR count). The predicted octanol–water partition coefficient (Wildman–Crippen LogP) is 2.70. The van der Waals surface area contributed by atoms with E-state index in [2.05, 4.69) is 15.3 Å². The number of amides is 1. The number of methoxy groups -OCH3 is 1. The second-order valence-corrected chi connectivity index (χ2v) is 4.21. The third kappa shape index (κ3) is 3.00. The Morgan fingerprint density at radius 1 is 1.32 bits per heavy atom. The quantitative estimate of drug-likeness (QED) is 0.937. The molecule has 0 aliphatic carbocycles. The van der Waals surface area contributed by atoms with Crippen LogP contribution < -0.4 is 10.1 Å². The molecule has 1 heterocycles. The molecule has 5 nitrogen and oxygen atoms in total. The van der Waals surface area contributed by atoms with Crippen molar-refractivity contribution in [2.75, 3.05) is 12.4 Å². The van der Waals surface area contributed by atoms with Gasteiger partial charge in [0.05, 0.1) is 12.7 Å². The molecule has 0 aliphatic heterocycles. The van der Waals surface area contributed by atoms with Gasteiger partial charge in [-0.1, -0.05) is 23.2 Å². The fourth-order valence-electron chi connectivity index (χ4n) is 1.58. The highest BCUT2D eigenvalue weighted by Crippen LogP contribution is 2.22. The average Bonchev–Trinajstić information content (AvgIpc) is 2.41. The first-order valence-electron chi connectivity index (χ1n) is 5.54. The maximum Gasteiger partial charge on any atom is 0.260 e. The summed E-state index contributed by atoms with van der Waals surface area (Å²) in [6.07, 6.45) is 2.90. The standard InChI is InChI=1S/C13H12ClN3O2/c1-8-3-4-10(19-2)9(7-8)13(18)17-12-11(14)15-5-6-16-12/h3-7H,1-2H3,(H,16,17,18). The van der Waals surface area contributed by atoms with Gasteiger partial charge in [-0.3, -0.25) is 4.79 Å². The van der Waals surface area contributed by atoms with Crippen LogP contribution in [0.15, 0.2) is 30.6 Å². The van der Waals surface area contributed by atoms with E-state index >= 15 is 0 Å². The Morgan fingerprint density at radius 2 is 2.05 bits per heavy atom. The number of nitrogens with one attached hydrogen (secondary N) is 1. The number of hydrogen-bond acceptors (Lipinski definition) is 4. The van der Waals surface area contributed by atoms with Gasteiger partial charge in [-0.2, -0.15) is 0 Å². The minimum atomic E-state index is -0.344. The molecule has 1 N–H and O–H groups in total. The molecule has 98 valence electrons. The van der Waals surface area contributed by atoms with E-state index in [4.69, 9.17) is 16.3 Å². The van der Waals surface area contributed by atoms with Crippen molar-refractivity contribution in [3.8, 4) is 5.75 Å². The van der Waals surface area contributed by atoms with Crippen molar-refractivity contribution in [2.24, 2.45) is 0 Å². The Morgan fingerprint density at radius 3 is 2.74 bits per heavy atom. The number of halogens is 1. The highest BCUT2D eigenvalue weighted by Gasteiger charge is 2.14. The molecule has 0 unspecified atom stereocenters. The van der Waals surface area contributed by atoms with Crippen LogP contribution in [0.3, 0.4) is 0 Å². The van der Waals surface area contributed by atoms with E-state index in [0.29, 0.717) is 11.3 Å². The molecule has 0 aliphatic rings. The maximum absolute atomic E-state index is 12.2. The number of hydrogen-bond donors (Lipinski definition) is 1. The SMILES string of the molecule is COc1ccc(C)cc1C(=O)Nc1nccnc1Cl. The molecule has 6 heteroatoms. The van der Waals surface area contributed by atoms with Gasteiger partial charge >= 0.3 is 0 Å². The number of carbonyl (C=O) groups is 1. The first kappa shape index (κ1) is 13.3. The summed E-state index contributed by atoms with van der Waals surface area (Å²) >= 11 is 5.84. The van der Waals surface area contributed by atoms with Gasteiger partial charge in [0.15, 0.2) is 11.0 Å². The lowest BCUT2D eigenvalue weighted by molar-refractivity contribution is 0.102. The summed E-state index contributed by atoms with van der Waals surface area (Å²) in [6.45, 7) is 1.89. The summed E-state index contributed by atoms with van der Waals surface area (Å²) in [4.78, 5) is 20.0. The van der Waals surface area contributed by atoms with Gasteiger partial charge in [-0.25, -0.2) is 9.97 Å². The van der Waals surface area contributed by atoms with E-state index in [1.165, 1.54) is 19.5 Å². The smallest absolute Gasteiger partial charge is 0.260 e. The number of aromatic nitrogens is 2. The van der Waals surface area contributed by atoms with Crippen LogP contribution in [0.2, 0.25) is 5.15 Å². The van der Waals surface area contributed by atoms with Crippen molar-refractivity contribution < 1.29 is 9.53 Å². The van der Waals surface area contributed by atoms with Crippen molar-refractivity contribution >= 4 is 23.3 Å². The summed E-state index contributed by atoms with van der Waals surface area (Å²) in [7, 11) is 1.51. The van der Waals surface area contributed by atoms with Crippen LogP contribution in [-0.2, 0) is 0 Å².